The quantitative estimate of drug-likeness (QED) is 0.908. The lowest BCUT2D eigenvalue weighted by Gasteiger charge is -2.06. The maximum atomic E-state index is 13.0. The lowest BCUT2D eigenvalue weighted by Crippen LogP contribution is -2.24. The summed E-state index contributed by atoms with van der Waals surface area (Å²) in [4.78, 5) is 15.8. The number of rotatable bonds is 5. The van der Waals surface area contributed by atoms with Gasteiger partial charge >= 0.3 is 0 Å². The van der Waals surface area contributed by atoms with Crippen LogP contribution in [0.15, 0.2) is 42.6 Å². The number of nitrogens with one attached hydrogen (secondary N) is 1. The molecule has 4 nitrogen and oxygen atoms in total. The molecule has 0 radical (unpaired) electrons. The molecule has 0 aliphatic carbocycles. The molecule has 2 rings (SSSR count). The average molecular weight is 274 g/mol. The van der Waals surface area contributed by atoms with E-state index in [0.29, 0.717) is 18.0 Å². The molecule has 1 aromatic carbocycles. The molecule has 20 heavy (non-hydrogen) atoms. The fourth-order valence-electron chi connectivity index (χ4n) is 1.77. The Balaban J connectivity index is 1.88. The number of methoxy groups -OCH3 is 1. The first kappa shape index (κ1) is 14.0. The van der Waals surface area contributed by atoms with Gasteiger partial charge in [0.15, 0.2) is 0 Å². The van der Waals surface area contributed by atoms with Crippen molar-refractivity contribution in [1.82, 2.24) is 10.3 Å². The molecule has 5 heteroatoms. The highest BCUT2D eigenvalue weighted by molar-refractivity contribution is 5.78. The first-order valence-corrected chi connectivity index (χ1v) is 6.17. The van der Waals surface area contributed by atoms with Gasteiger partial charge in [0, 0.05) is 18.8 Å². The van der Waals surface area contributed by atoms with Gasteiger partial charge in [-0.2, -0.15) is 0 Å². The first-order chi connectivity index (χ1) is 9.67. The maximum absolute atomic E-state index is 13.0. The van der Waals surface area contributed by atoms with Crippen LogP contribution in [-0.2, 0) is 17.8 Å². The molecule has 0 spiro atoms. The standard InChI is InChI=1S/C15H15FN2O2/c1-20-15-9-12(5-6-17-15)10-18-14(19)8-11-3-2-4-13(16)7-11/h2-7,9H,8,10H2,1H3,(H,18,19). The summed E-state index contributed by atoms with van der Waals surface area (Å²) in [6, 6.07) is 9.57. The molecule has 0 atom stereocenters. The highest BCUT2D eigenvalue weighted by atomic mass is 19.1. The number of amides is 1. The molecule has 0 bridgehead atoms. The van der Waals surface area contributed by atoms with Crippen molar-refractivity contribution in [2.24, 2.45) is 0 Å². The summed E-state index contributed by atoms with van der Waals surface area (Å²) in [5, 5.41) is 2.77. The van der Waals surface area contributed by atoms with Crippen molar-refractivity contribution in [3.8, 4) is 5.88 Å². The fraction of sp³-hybridized carbons (Fsp3) is 0.200. The highest BCUT2D eigenvalue weighted by Crippen LogP contribution is 2.08. The number of hydrogen-bond donors (Lipinski definition) is 1. The second kappa shape index (κ2) is 6.65. The van der Waals surface area contributed by atoms with E-state index in [9.17, 15) is 9.18 Å². The molecule has 0 saturated heterocycles. The van der Waals surface area contributed by atoms with Gasteiger partial charge in [-0.25, -0.2) is 9.37 Å². The normalized spacial score (nSPS) is 10.1. The topological polar surface area (TPSA) is 51.2 Å². The van der Waals surface area contributed by atoms with E-state index < -0.39 is 0 Å². The number of aromatic nitrogens is 1. The van der Waals surface area contributed by atoms with Gasteiger partial charge < -0.3 is 10.1 Å². The van der Waals surface area contributed by atoms with E-state index in [1.807, 2.05) is 0 Å². The Hall–Kier alpha value is -2.43. The first-order valence-electron chi connectivity index (χ1n) is 6.17. The molecule has 0 unspecified atom stereocenters. The second-order valence-corrected chi connectivity index (χ2v) is 4.29. The largest absolute Gasteiger partial charge is 0.481 e. The third-order valence-electron chi connectivity index (χ3n) is 2.75. The molecule has 0 aliphatic heterocycles. The average Bonchev–Trinajstić information content (AvgIpc) is 2.45. The van der Waals surface area contributed by atoms with Crippen LogP contribution in [-0.4, -0.2) is 18.0 Å². The van der Waals surface area contributed by atoms with Crippen LogP contribution in [0.3, 0.4) is 0 Å². The zero-order chi connectivity index (χ0) is 14.4. The fourth-order valence-corrected chi connectivity index (χ4v) is 1.77. The summed E-state index contributed by atoms with van der Waals surface area (Å²) in [6.45, 7) is 0.382. The van der Waals surface area contributed by atoms with E-state index in [-0.39, 0.29) is 18.1 Å². The van der Waals surface area contributed by atoms with Crippen molar-refractivity contribution >= 4 is 5.91 Å². The van der Waals surface area contributed by atoms with Crippen molar-refractivity contribution in [3.05, 3.63) is 59.5 Å². The van der Waals surface area contributed by atoms with Gasteiger partial charge in [0.1, 0.15) is 5.82 Å². The third kappa shape index (κ3) is 4.05. The van der Waals surface area contributed by atoms with Crippen molar-refractivity contribution < 1.29 is 13.9 Å². The van der Waals surface area contributed by atoms with E-state index in [4.69, 9.17) is 4.74 Å². The molecule has 0 aliphatic rings. The van der Waals surface area contributed by atoms with E-state index in [2.05, 4.69) is 10.3 Å². The Kier molecular flexibility index (Phi) is 4.65. The SMILES string of the molecule is COc1cc(CNC(=O)Cc2cccc(F)c2)ccn1. The molecule has 1 heterocycles. The summed E-state index contributed by atoms with van der Waals surface area (Å²) in [6.07, 6.45) is 1.77. The molecule has 0 fully saturated rings. The monoisotopic (exact) mass is 274 g/mol. The number of halogens is 1. The zero-order valence-electron chi connectivity index (χ0n) is 11.1. The summed E-state index contributed by atoms with van der Waals surface area (Å²) in [5.74, 6) is 0.00225. The molecule has 2 aromatic rings. The predicted molar refractivity (Wildman–Crippen MR) is 72.7 cm³/mol. The summed E-state index contributed by atoms with van der Waals surface area (Å²) >= 11 is 0. The van der Waals surface area contributed by atoms with Gasteiger partial charge in [0.25, 0.3) is 0 Å². The molecule has 104 valence electrons. The van der Waals surface area contributed by atoms with Gasteiger partial charge in [0.05, 0.1) is 13.5 Å². The summed E-state index contributed by atoms with van der Waals surface area (Å²) in [7, 11) is 1.54. The predicted octanol–water partition coefficient (Wildman–Crippen LogP) is 2.09. The summed E-state index contributed by atoms with van der Waals surface area (Å²) < 4.78 is 18.0. The Bertz CT molecular complexity index is 602. The van der Waals surface area contributed by atoms with Crippen molar-refractivity contribution in [3.63, 3.8) is 0 Å². The molecular weight excluding hydrogens is 259 g/mol. The maximum Gasteiger partial charge on any atom is 0.224 e. The van der Waals surface area contributed by atoms with Crippen LogP contribution in [0.4, 0.5) is 4.39 Å². The van der Waals surface area contributed by atoms with Crippen LogP contribution in [0.25, 0.3) is 0 Å². The summed E-state index contributed by atoms with van der Waals surface area (Å²) in [5.41, 5.74) is 1.54. The smallest absolute Gasteiger partial charge is 0.224 e. The van der Waals surface area contributed by atoms with E-state index in [1.54, 1.807) is 30.5 Å². The van der Waals surface area contributed by atoms with Gasteiger partial charge in [-0.15, -0.1) is 0 Å². The Labute approximate surface area is 116 Å². The molecular formula is C15H15FN2O2. The lowest BCUT2D eigenvalue weighted by molar-refractivity contribution is -0.120. The molecule has 1 amide bonds. The Morgan fingerprint density at radius 3 is 2.90 bits per heavy atom. The van der Waals surface area contributed by atoms with Crippen molar-refractivity contribution in [2.45, 2.75) is 13.0 Å². The Morgan fingerprint density at radius 2 is 2.15 bits per heavy atom. The van der Waals surface area contributed by atoms with Crippen LogP contribution in [0, 0.1) is 5.82 Å². The van der Waals surface area contributed by atoms with Gasteiger partial charge in [0.2, 0.25) is 11.8 Å². The van der Waals surface area contributed by atoms with Crippen LogP contribution in [0.5, 0.6) is 5.88 Å². The molecule has 0 saturated carbocycles. The minimum atomic E-state index is -0.339. The number of carbonyl (C=O) groups excluding carboxylic acids is 1. The van der Waals surface area contributed by atoms with Crippen molar-refractivity contribution in [2.75, 3.05) is 7.11 Å². The van der Waals surface area contributed by atoms with Crippen LogP contribution >= 0.6 is 0 Å². The number of nitrogens with zero attached hydrogens (tertiary/aromatic N) is 1. The third-order valence-corrected chi connectivity index (χ3v) is 2.75. The van der Waals surface area contributed by atoms with Crippen molar-refractivity contribution in [1.29, 1.82) is 0 Å². The minimum absolute atomic E-state index is 0.153. The number of pyridine rings is 1. The van der Waals surface area contributed by atoms with E-state index in [0.717, 1.165) is 5.56 Å². The van der Waals surface area contributed by atoms with E-state index in [1.165, 1.54) is 19.2 Å². The zero-order valence-corrected chi connectivity index (χ0v) is 11.1. The van der Waals surface area contributed by atoms with Gasteiger partial charge in [-0.3, -0.25) is 4.79 Å². The number of ether oxygens (including phenoxy) is 1. The van der Waals surface area contributed by atoms with Crippen LogP contribution < -0.4 is 10.1 Å². The number of hydrogen-bond acceptors (Lipinski definition) is 3. The van der Waals surface area contributed by atoms with Gasteiger partial charge in [-0.1, -0.05) is 12.1 Å². The van der Waals surface area contributed by atoms with E-state index >= 15 is 0 Å². The minimum Gasteiger partial charge on any atom is -0.481 e. The number of benzene rings is 1. The number of carbonyl (C=O) groups is 1. The molecule has 1 N–H and O–H groups in total. The second-order valence-electron chi connectivity index (χ2n) is 4.29. The van der Waals surface area contributed by atoms with Gasteiger partial charge in [-0.05, 0) is 29.3 Å². The highest BCUT2D eigenvalue weighted by Gasteiger charge is 2.05. The Morgan fingerprint density at radius 1 is 1.30 bits per heavy atom. The van der Waals surface area contributed by atoms with Crippen LogP contribution in [0.2, 0.25) is 0 Å². The molecule has 1 aromatic heterocycles. The van der Waals surface area contributed by atoms with Crippen LogP contribution in [0.1, 0.15) is 11.1 Å². The lowest BCUT2D eigenvalue weighted by atomic mass is 10.1.